The Hall–Kier alpha value is -2.63. The van der Waals surface area contributed by atoms with Gasteiger partial charge in [-0.2, -0.15) is 0 Å². The second kappa shape index (κ2) is 6.02. The molecule has 4 aromatic rings. The monoisotopic (exact) mass is 367 g/mol. The molecule has 0 atom stereocenters. The van der Waals surface area contributed by atoms with Crippen LogP contribution in [0, 0.1) is 4.77 Å². The van der Waals surface area contributed by atoms with E-state index in [0.29, 0.717) is 21.1 Å². The van der Waals surface area contributed by atoms with Gasteiger partial charge in [-0.15, -0.1) is 0 Å². The van der Waals surface area contributed by atoms with Crippen LogP contribution in [0.5, 0.6) is 5.75 Å². The molecule has 0 bridgehead atoms. The minimum absolute atomic E-state index is 0.136. The zero-order valence-corrected chi connectivity index (χ0v) is 14.9. The summed E-state index contributed by atoms with van der Waals surface area (Å²) < 4.78 is 4.50. The number of aryl methyl sites for hydroxylation is 1. The molecule has 0 unspecified atom stereocenters. The number of imidazole rings is 1. The van der Waals surface area contributed by atoms with Crippen LogP contribution < -0.4 is 0 Å². The average molecular weight is 368 g/mol. The van der Waals surface area contributed by atoms with Gasteiger partial charge >= 0.3 is 0 Å². The zero-order chi connectivity index (χ0) is 17.6. The van der Waals surface area contributed by atoms with Crippen molar-refractivity contribution in [2.75, 3.05) is 0 Å². The number of benzene rings is 2. The topological polar surface area (TPSA) is 43.0 Å². The van der Waals surface area contributed by atoms with Crippen molar-refractivity contribution in [3.8, 4) is 22.7 Å². The highest BCUT2D eigenvalue weighted by Crippen LogP contribution is 2.32. The van der Waals surface area contributed by atoms with Gasteiger partial charge in [0.2, 0.25) is 0 Å². The fraction of sp³-hybridized carbons (Fsp3) is 0.0526. The summed E-state index contributed by atoms with van der Waals surface area (Å²) in [6, 6.07) is 18.6. The molecule has 2 aromatic heterocycles. The van der Waals surface area contributed by atoms with Crippen molar-refractivity contribution in [1.29, 1.82) is 0 Å². The third-order valence-corrected chi connectivity index (χ3v) is 4.85. The lowest BCUT2D eigenvalue weighted by molar-refractivity contribution is 0.477. The smallest absolute Gasteiger partial charge is 0.186 e. The molecule has 0 amide bonds. The van der Waals surface area contributed by atoms with E-state index >= 15 is 0 Å². The van der Waals surface area contributed by atoms with Crippen LogP contribution in [0.1, 0.15) is 0 Å². The maximum atomic E-state index is 10.2. The molecule has 0 saturated heterocycles. The molecule has 0 saturated carbocycles. The number of halogens is 1. The van der Waals surface area contributed by atoms with Gasteiger partial charge in [0.25, 0.3) is 0 Å². The first-order chi connectivity index (χ1) is 12.1. The molecule has 0 aliphatic carbocycles. The lowest BCUT2D eigenvalue weighted by atomic mass is 10.1. The van der Waals surface area contributed by atoms with Crippen molar-refractivity contribution < 1.29 is 5.11 Å². The van der Waals surface area contributed by atoms with Crippen LogP contribution in [0.2, 0.25) is 5.02 Å². The van der Waals surface area contributed by atoms with Crippen LogP contribution in [0.25, 0.3) is 28.1 Å². The normalized spacial score (nSPS) is 11.1. The SMILES string of the molecule is Cn1c(=S)n(-c2ccccc2)c2nc(-c3cc(Cl)ccc3O)ccc21. The minimum atomic E-state index is 0.136. The fourth-order valence-corrected chi connectivity index (χ4v) is 3.35. The maximum absolute atomic E-state index is 10.2. The number of nitrogens with zero attached hydrogens (tertiary/aromatic N) is 3. The van der Waals surface area contributed by atoms with Crippen LogP contribution in [-0.4, -0.2) is 19.2 Å². The molecule has 4 rings (SSSR count). The molecule has 0 spiro atoms. The summed E-state index contributed by atoms with van der Waals surface area (Å²) in [6.07, 6.45) is 0. The van der Waals surface area contributed by atoms with E-state index in [2.05, 4.69) is 0 Å². The number of rotatable bonds is 2. The van der Waals surface area contributed by atoms with E-state index in [1.54, 1.807) is 18.2 Å². The number of aromatic hydroxyl groups is 1. The summed E-state index contributed by atoms with van der Waals surface area (Å²) in [4.78, 5) is 4.76. The van der Waals surface area contributed by atoms with Crippen molar-refractivity contribution in [3.63, 3.8) is 0 Å². The number of pyridine rings is 1. The van der Waals surface area contributed by atoms with E-state index in [4.69, 9.17) is 28.8 Å². The molecule has 0 radical (unpaired) electrons. The quantitative estimate of drug-likeness (QED) is 0.500. The van der Waals surface area contributed by atoms with Crippen molar-refractivity contribution in [2.24, 2.45) is 7.05 Å². The number of fused-ring (bicyclic) bond motifs is 1. The van der Waals surface area contributed by atoms with Gasteiger partial charge in [0.05, 0.1) is 11.2 Å². The van der Waals surface area contributed by atoms with E-state index in [1.165, 1.54) is 0 Å². The Morgan fingerprint density at radius 3 is 2.56 bits per heavy atom. The van der Waals surface area contributed by atoms with Crippen LogP contribution in [0.15, 0.2) is 60.7 Å². The van der Waals surface area contributed by atoms with E-state index < -0.39 is 0 Å². The molecule has 0 aliphatic heterocycles. The summed E-state index contributed by atoms with van der Waals surface area (Å²) in [5.74, 6) is 0.136. The molecular formula is C19H14ClN3OS. The van der Waals surface area contributed by atoms with Crippen LogP contribution >= 0.6 is 23.8 Å². The second-order valence-corrected chi connectivity index (χ2v) is 6.51. The second-order valence-electron chi connectivity index (χ2n) is 5.71. The Morgan fingerprint density at radius 2 is 1.80 bits per heavy atom. The van der Waals surface area contributed by atoms with Gasteiger partial charge in [-0.25, -0.2) is 4.98 Å². The summed E-state index contributed by atoms with van der Waals surface area (Å²) >= 11 is 11.7. The lowest BCUT2D eigenvalue weighted by Crippen LogP contribution is -1.96. The molecule has 2 heterocycles. The third kappa shape index (κ3) is 2.62. The number of aromatic nitrogens is 3. The number of hydrogen-bond donors (Lipinski definition) is 1. The summed E-state index contributed by atoms with van der Waals surface area (Å²) in [7, 11) is 1.92. The lowest BCUT2D eigenvalue weighted by Gasteiger charge is -2.07. The Balaban J connectivity index is 2.03. The first-order valence-corrected chi connectivity index (χ1v) is 8.47. The van der Waals surface area contributed by atoms with Crippen LogP contribution in [-0.2, 0) is 7.05 Å². The van der Waals surface area contributed by atoms with Gasteiger partial charge < -0.3 is 9.67 Å². The van der Waals surface area contributed by atoms with Gasteiger partial charge in [-0.1, -0.05) is 29.8 Å². The van der Waals surface area contributed by atoms with E-state index in [1.807, 2.05) is 58.6 Å². The molecule has 0 fully saturated rings. The first kappa shape index (κ1) is 15.9. The Labute approximate surface area is 154 Å². The molecule has 124 valence electrons. The Bertz CT molecular complexity index is 1150. The van der Waals surface area contributed by atoms with Gasteiger partial charge in [0.15, 0.2) is 10.4 Å². The van der Waals surface area contributed by atoms with Gasteiger partial charge in [0.1, 0.15) is 5.75 Å². The Morgan fingerprint density at radius 1 is 1.04 bits per heavy atom. The zero-order valence-electron chi connectivity index (χ0n) is 13.3. The van der Waals surface area contributed by atoms with Crippen molar-refractivity contribution in [2.45, 2.75) is 0 Å². The van der Waals surface area contributed by atoms with E-state index in [0.717, 1.165) is 16.9 Å². The molecule has 25 heavy (non-hydrogen) atoms. The maximum Gasteiger partial charge on any atom is 0.186 e. The highest BCUT2D eigenvalue weighted by Gasteiger charge is 2.14. The molecule has 1 N–H and O–H groups in total. The molecule has 0 aliphatic rings. The third-order valence-electron chi connectivity index (χ3n) is 4.15. The summed E-state index contributed by atoms with van der Waals surface area (Å²) in [6.45, 7) is 0. The predicted octanol–water partition coefficient (Wildman–Crippen LogP) is 5.12. The number of phenols is 1. The van der Waals surface area contributed by atoms with E-state index in [9.17, 15) is 5.11 Å². The highest BCUT2D eigenvalue weighted by molar-refractivity contribution is 7.71. The van der Waals surface area contributed by atoms with Gasteiger partial charge in [-0.3, -0.25) is 4.57 Å². The minimum Gasteiger partial charge on any atom is -0.507 e. The molecule has 6 heteroatoms. The standard InChI is InChI=1S/C19H14ClN3OS/c1-22-16-9-8-15(14-11-12(20)7-10-17(14)24)21-18(16)23(19(22)25)13-5-3-2-4-6-13/h2-11,24H,1H3. The van der Waals surface area contributed by atoms with Gasteiger partial charge in [-0.05, 0) is 54.7 Å². The van der Waals surface area contributed by atoms with E-state index in [-0.39, 0.29) is 5.75 Å². The summed E-state index contributed by atoms with van der Waals surface area (Å²) in [5, 5.41) is 10.7. The van der Waals surface area contributed by atoms with Crippen LogP contribution in [0.3, 0.4) is 0 Å². The predicted molar refractivity (Wildman–Crippen MR) is 103 cm³/mol. The molecule has 4 nitrogen and oxygen atoms in total. The summed E-state index contributed by atoms with van der Waals surface area (Å²) in [5.41, 5.74) is 3.81. The van der Waals surface area contributed by atoms with Crippen molar-refractivity contribution >= 4 is 35.0 Å². The molecular weight excluding hydrogens is 354 g/mol. The number of para-hydroxylation sites is 1. The van der Waals surface area contributed by atoms with Crippen molar-refractivity contribution in [1.82, 2.24) is 14.1 Å². The number of hydrogen-bond acceptors (Lipinski definition) is 3. The Kier molecular flexibility index (Phi) is 3.82. The van der Waals surface area contributed by atoms with Crippen LogP contribution in [0.4, 0.5) is 0 Å². The first-order valence-electron chi connectivity index (χ1n) is 7.69. The van der Waals surface area contributed by atoms with Gasteiger partial charge in [0, 0.05) is 23.3 Å². The largest absolute Gasteiger partial charge is 0.507 e. The fourth-order valence-electron chi connectivity index (χ4n) is 2.88. The van der Waals surface area contributed by atoms with Crippen molar-refractivity contribution in [3.05, 3.63) is 70.5 Å². The number of phenolic OH excluding ortho intramolecular Hbond substituents is 1. The molecule has 2 aromatic carbocycles. The highest BCUT2D eigenvalue weighted by atomic mass is 35.5. The average Bonchev–Trinajstić information content (AvgIpc) is 2.88.